The summed E-state index contributed by atoms with van der Waals surface area (Å²) in [5.41, 5.74) is 0.614. The second kappa shape index (κ2) is 5.39. The Kier molecular flexibility index (Phi) is 3.88. The van der Waals surface area contributed by atoms with E-state index in [4.69, 9.17) is 4.74 Å². The molecular weight excluding hydrogens is 220 g/mol. The van der Waals surface area contributed by atoms with Crippen LogP contribution in [0.5, 0.6) is 0 Å². The summed E-state index contributed by atoms with van der Waals surface area (Å²) in [4.78, 5) is 12.6. The third-order valence-electron chi connectivity index (χ3n) is 2.93. The van der Waals surface area contributed by atoms with Crippen LogP contribution in [0.1, 0.15) is 42.5 Å². The molecule has 1 saturated carbocycles. The lowest BCUT2D eigenvalue weighted by Gasteiger charge is -2.21. The molecule has 2 nitrogen and oxygen atoms in total. The molecule has 1 aliphatic carbocycles. The molecule has 86 valence electrons. The minimum Gasteiger partial charge on any atom is -0.459 e. The number of ether oxygens (including phenoxy) is 1. The van der Waals surface area contributed by atoms with E-state index in [0.29, 0.717) is 5.56 Å². The summed E-state index contributed by atoms with van der Waals surface area (Å²) < 4.78 is 5.45. The zero-order valence-electron chi connectivity index (χ0n) is 9.19. The number of esters is 1. The first-order valence-corrected chi connectivity index (χ1v) is 6.20. The number of hydrogen-bond donors (Lipinski definition) is 1. The predicted octanol–water partition coefficient (Wildman–Crippen LogP) is 3.46. The van der Waals surface area contributed by atoms with Gasteiger partial charge in [0.2, 0.25) is 0 Å². The van der Waals surface area contributed by atoms with E-state index >= 15 is 0 Å². The van der Waals surface area contributed by atoms with Gasteiger partial charge in [0.1, 0.15) is 6.10 Å². The second-order valence-corrected chi connectivity index (χ2v) is 4.73. The second-order valence-electron chi connectivity index (χ2n) is 4.21. The van der Waals surface area contributed by atoms with Crippen molar-refractivity contribution in [3.8, 4) is 0 Å². The molecule has 1 aliphatic rings. The maximum absolute atomic E-state index is 11.8. The summed E-state index contributed by atoms with van der Waals surface area (Å²) >= 11 is 4.18. The van der Waals surface area contributed by atoms with Gasteiger partial charge in [-0.2, -0.15) is 0 Å². The summed E-state index contributed by atoms with van der Waals surface area (Å²) in [6.45, 7) is 0. The first kappa shape index (κ1) is 11.5. The van der Waals surface area contributed by atoms with Gasteiger partial charge in [-0.15, -0.1) is 12.6 Å². The van der Waals surface area contributed by atoms with Crippen LogP contribution in [0.4, 0.5) is 0 Å². The highest BCUT2D eigenvalue weighted by molar-refractivity contribution is 7.80. The first-order chi connectivity index (χ1) is 7.75. The summed E-state index contributed by atoms with van der Waals surface area (Å²) in [6.07, 6.45) is 5.76. The molecule has 2 rings (SSSR count). The van der Waals surface area contributed by atoms with Crippen LogP contribution >= 0.6 is 12.6 Å². The Hall–Kier alpha value is -0.960. The van der Waals surface area contributed by atoms with Gasteiger partial charge in [-0.3, -0.25) is 0 Å². The molecule has 0 unspecified atom stereocenters. The number of carbonyl (C=O) groups excluding carboxylic acids is 1. The number of hydrogen-bond acceptors (Lipinski definition) is 3. The quantitative estimate of drug-likeness (QED) is 0.628. The van der Waals surface area contributed by atoms with Gasteiger partial charge < -0.3 is 4.74 Å². The van der Waals surface area contributed by atoms with Crippen molar-refractivity contribution in [2.24, 2.45) is 0 Å². The minimum absolute atomic E-state index is 0.122. The van der Waals surface area contributed by atoms with Crippen LogP contribution in [0, 0.1) is 0 Å². The van der Waals surface area contributed by atoms with Crippen molar-refractivity contribution in [3.63, 3.8) is 0 Å². The Balaban J connectivity index is 1.94. The van der Waals surface area contributed by atoms with Crippen LogP contribution in [-0.2, 0) is 4.74 Å². The molecule has 0 aromatic heterocycles. The Morgan fingerprint density at radius 1 is 1.12 bits per heavy atom. The molecule has 0 bridgehead atoms. The first-order valence-electron chi connectivity index (χ1n) is 5.76. The zero-order chi connectivity index (χ0) is 11.4. The van der Waals surface area contributed by atoms with E-state index < -0.39 is 0 Å². The Labute approximate surface area is 101 Å². The fraction of sp³-hybridized carbons (Fsp3) is 0.462. The predicted molar refractivity (Wildman–Crippen MR) is 66.0 cm³/mol. The monoisotopic (exact) mass is 236 g/mol. The van der Waals surface area contributed by atoms with Crippen molar-refractivity contribution in [2.45, 2.75) is 43.1 Å². The number of benzene rings is 1. The molecule has 0 radical (unpaired) electrons. The highest BCUT2D eigenvalue weighted by Crippen LogP contribution is 2.21. The van der Waals surface area contributed by atoms with E-state index in [9.17, 15) is 4.79 Å². The third-order valence-corrected chi connectivity index (χ3v) is 3.23. The molecule has 0 saturated heterocycles. The van der Waals surface area contributed by atoms with E-state index in [0.717, 1.165) is 17.7 Å². The van der Waals surface area contributed by atoms with Crippen LogP contribution in [-0.4, -0.2) is 12.1 Å². The number of rotatable bonds is 2. The Bertz CT molecular complexity index is 353. The average Bonchev–Trinajstić information content (AvgIpc) is 2.31. The van der Waals surface area contributed by atoms with E-state index in [1.165, 1.54) is 19.3 Å². The maximum Gasteiger partial charge on any atom is 0.338 e. The number of carbonyl (C=O) groups is 1. The lowest BCUT2D eigenvalue weighted by Crippen LogP contribution is -2.20. The van der Waals surface area contributed by atoms with Gasteiger partial charge in [0, 0.05) is 4.90 Å². The van der Waals surface area contributed by atoms with E-state index in [1.54, 1.807) is 24.3 Å². The molecule has 1 aromatic rings. The van der Waals surface area contributed by atoms with Crippen LogP contribution in [0.3, 0.4) is 0 Å². The van der Waals surface area contributed by atoms with Gasteiger partial charge >= 0.3 is 5.97 Å². The molecule has 1 fully saturated rings. The molecule has 0 amide bonds. The van der Waals surface area contributed by atoms with E-state index in [-0.39, 0.29) is 12.1 Å². The molecule has 1 aromatic carbocycles. The maximum atomic E-state index is 11.8. The zero-order valence-corrected chi connectivity index (χ0v) is 10.1. The minimum atomic E-state index is -0.208. The third kappa shape index (κ3) is 3.01. The van der Waals surface area contributed by atoms with Crippen LogP contribution < -0.4 is 0 Å². The Morgan fingerprint density at radius 2 is 1.75 bits per heavy atom. The fourth-order valence-electron chi connectivity index (χ4n) is 2.00. The molecule has 0 aliphatic heterocycles. The SMILES string of the molecule is O=C(OC1CCCCC1)c1ccc(S)cc1. The van der Waals surface area contributed by atoms with E-state index in [2.05, 4.69) is 12.6 Å². The van der Waals surface area contributed by atoms with Crippen LogP contribution in [0.2, 0.25) is 0 Å². The summed E-state index contributed by atoms with van der Waals surface area (Å²) in [7, 11) is 0. The van der Waals surface area contributed by atoms with Gasteiger partial charge in [-0.1, -0.05) is 6.42 Å². The summed E-state index contributed by atoms with van der Waals surface area (Å²) in [5.74, 6) is -0.208. The highest BCUT2D eigenvalue weighted by Gasteiger charge is 2.18. The van der Waals surface area contributed by atoms with Gasteiger partial charge in [0.15, 0.2) is 0 Å². The van der Waals surface area contributed by atoms with Crippen molar-refractivity contribution in [1.82, 2.24) is 0 Å². The Morgan fingerprint density at radius 3 is 2.38 bits per heavy atom. The molecule has 0 spiro atoms. The molecule has 3 heteroatoms. The van der Waals surface area contributed by atoms with Crippen LogP contribution in [0.25, 0.3) is 0 Å². The van der Waals surface area contributed by atoms with Crippen molar-refractivity contribution in [2.75, 3.05) is 0 Å². The number of thiol groups is 1. The van der Waals surface area contributed by atoms with Gasteiger partial charge in [0.05, 0.1) is 5.56 Å². The summed E-state index contributed by atoms with van der Waals surface area (Å²) in [6, 6.07) is 7.13. The average molecular weight is 236 g/mol. The lowest BCUT2D eigenvalue weighted by molar-refractivity contribution is 0.0211. The molecule has 0 heterocycles. The van der Waals surface area contributed by atoms with Crippen molar-refractivity contribution < 1.29 is 9.53 Å². The van der Waals surface area contributed by atoms with Gasteiger partial charge in [-0.05, 0) is 49.9 Å². The topological polar surface area (TPSA) is 26.3 Å². The highest BCUT2D eigenvalue weighted by atomic mass is 32.1. The molecule has 16 heavy (non-hydrogen) atoms. The van der Waals surface area contributed by atoms with Crippen molar-refractivity contribution in [3.05, 3.63) is 29.8 Å². The van der Waals surface area contributed by atoms with Gasteiger partial charge in [0.25, 0.3) is 0 Å². The lowest BCUT2D eigenvalue weighted by atomic mass is 9.98. The smallest absolute Gasteiger partial charge is 0.338 e. The molecule has 0 N–H and O–H groups in total. The molecular formula is C13H16O2S. The largest absolute Gasteiger partial charge is 0.459 e. The van der Waals surface area contributed by atoms with E-state index in [1.807, 2.05) is 0 Å². The molecule has 0 atom stereocenters. The fourth-order valence-corrected chi connectivity index (χ4v) is 2.15. The van der Waals surface area contributed by atoms with Crippen molar-refractivity contribution in [1.29, 1.82) is 0 Å². The summed E-state index contributed by atoms with van der Waals surface area (Å²) in [5, 5.41) is 0. The van der Waals surface area contributed by atoms with Crippen LogP contribution in [0.15, 0.2) is 29.2 Å². The normalized spacial score (nSPS) is 17.1. The standard InChI is InChI=1S/C13H16O2S/c14-13(10-6-8-12(16)9-7-10)15-11-4-2-1-3-5-11/h6-9,11,16H,1-5H2. The van der Waals surface area contributed by atoms with Gasteiger partial charge in [-0.25, -0.2) is 4.79 Å². The van der Waals surface area contributed by atoms with Crippen molar-refractivity contribution >= 4 is 18.6 Å².